The van der Waals surface area contributed by atoms with Gasteiger partial charge in [0.15, 0.2) is 0 Å². The van der Waals surface area contributed by atoms with Crippen molar-refractivity contribution in [2.75, 3.05) is 13.1 Å². The minimum atomic E-state index is -3.64. The minimum Gasteiger partial charge on any atom is -0.478 e. The van der Waals surface area contributed by atoms with Crippen LogP contribution >= 0.6 is 15.9 Å². The smallest absolute Gasteiger partial charge is 0.336 e. The third kappa shape index (κ3) is 4.08. The van der Waals surface area contributed by atoms with Crippen molar-refractivity contribution in [3.8, 4) is 0 Å². The zero-order valence-electron chi connectivity index (χ0n) is 12.3. The SMILES string of the molecule is O=C(O)c1cc(S(=O)(=O)N2CCCCCCCC2)ccc1Br. The molecule has 0 atom stereocenters. The summed E-state index contributed by atoms with van der Waals surface area (Å²) in [5.41, 5.74) is -0.0367. The number of carboxylic acid groups (broad SMARTS) is 1. The normalized spacial score (nSPS) is 18.2. The number of benzene rings is 1. The fourth-order valence-electron chi connectivity index (χ4n) is 2.61. The molecule has 1 fully saturated rings. The molecule has 0 aliphatic carbocycles. The van der Waals surface area contributed by atoms with Gasteiger partial charge in [-0.1, -0.05) is 25.7 Å². The standard InChI is InChI=1S/C15H20BrNO4S/c16-14-8-7-12(11-13(14)15(18)19)22(20,21)17-9-5-3-1-2-4-6-10-17/h7-8,11H,1-6,9-10H2,(H,18,19). The molecule has 0 spiro atoms. The van der Waals surface area contributed by atoms with Crippen LogP contribution in [0.25, 0.3) is 0 Å². The van der Waals surface area contributed by atoms with Gasteiger partial charge >= 0.3 is 5.97 Å². The molecule has 0 saturated carbocycles. The van der Waals surface area contributed by atoms with Crippen LogP contribution in [0.4, 0.5) is 0 Å². The average Bonchev–Trinajstić information content (AvgIpc) is 2.60. The van der Waals surface area contributed by atoms with Crippen molar-refractivity contribution in [1.29, 1.82) is 0 Å². The highest BCUT2D eigenvalue weighted by atomic mass is 79.9. The molecule has 1 saturated heterocycles. The molecule has 0 amide bonds. The van der Waals surface area contributed by atoms with Gasteiger partial charge < -0.3 is 5.11 Å². The Hall–Kier alpha value is -0.920. The molecule has 0 bridgehead atoms. The zero-order chi connectivity index (χ0) is 16.2. The lowest BCUT2D eigenvalue weighted by molar-refractivity contribution is 0.0695. The van der Waals surface area contributed by atoms with Crippen molar-refractivity contribution in [2.24, 2.45) is 0 Å². The molecule has 122 valence electrons. The maximum Gasteiger partial charge on any atom is 0.336 e. The van der Waals surface area contributed by atoms with Crippen LogP contribution < -0.4 is 0 Å². The Balaban J connectivity index is 2.31. The molecule has 1 heterocycles. The molecule has 0 aromatic heterocycles. The lowest BCUT2D eigenvalue weighted by Crippen LogP contribution is -2.33. The quantitative estimate of drug-likeness (QED) is 0.858. The number of rotatable bonds is 3. The number of hydrogen-bond acceptors (Lipinski definition) is 3. The summed E-state index contributed by atoms with van der Waals surface area (Å²) in [6, 6.07) is 4.17. The predicted molar refractivity (Wildman–Crippen MR) is 87.6 cm³/mol. The topological polar surface area (TPSA) is 74.7 Å². The van der Waals surface area contributed by atoms with E-state index in [1.54, 1.807) is 0 Å². The molecule has 1 aromatic rings. The Morgan fingerprint density at radius 2 is 1.59 bits per heavy atom. The Bertz CT molecular complexity index is 635. The molecule has 0 unspecified atom stereocenters. The maximum atomic E-state index is 12.8. The van der Waals surface area contributed by atoms with Crippen LogP contribution in [-0.4, -0.2) is 36.9 Å². The Morgan fingerprint density at radius 3 is 2.14 bits per heavy atom. The molecule has 1 aliphatic rings. The summed E-state index contributed by atoms with van der Waals surface area (Å²) in [6.07, 6.45) is 6.06. The van der Waals surface area contributed by atoms with E-state index in [2.05, 4.69) is 15.9 Å². The first-order valence-electron chi connectivity index (χ1n) is 7.46. The first-order chi connectivity index (χ1) is 10.4. The second kappa shape index (κ2) is 7.57. The Kier molecular flexibility index (Phi) is 6.00. The van der Waals surface area contributed by atoms with Crippen LogP contribution in [0.5, 0.6) is 0 Å². The second-order valence-electron chi connectivity index (χ2n) is 5.47. The van der Waals surface area contributed by atoms with Gasteiger partial charge in [0.2, 0.25) is 10.0 Å². The minimum absolute atomic E-state index is 0.0367. The fraction of sp³-hybridized carbons (Fsp3) is 0.533. The van der Waals surface area contributed by atoms with Gasteiger partial charge in [0, 0.05) is 17.6 Å². The van der Waals surface area contributed by atoms with Gasteiger partial charge in [-0.15, -0.1) is 0 Å². The number of halogens is 1. The molecule has 7 heteroatoms. The monoisotopic (exact) mass is 389 g/mol. The highest BCUT2D eigenvalue weighted by Gasteiger charge is 2.25. The molecule has 5 nitrogen and oxygen atoms in total. The van der Waals surface area contributed by atoms with Gasteiger partial charge in [-0.3, -0.25) is 0 Å². The zero-order valence-corrected chi connectivity index (χ0v) is 14.7. The van der Waals surface area contributed by atoms with Crippen molar-refractivity contribution in [3.05, 3.63) is 28.2 Å². The van der Waals surface area contributed by atoms with Crippen LogP contribution in [0.3, 0.4) is 0 Å². The number of aromatic carboxylic acids is 1. The van der Waals surface area contributed by atoms with Gasteiger partial charge in [0.25, 0.3) is 0 Å². The average molecular weight is 390 g/mol. The predicted octanol–water partition coefficient (Wildman–Crippen LogP) is 3.49. The van der Waals surface area contributed by atoms with Gasteiger partial charge in [-0.2, -0.15) is 4.31 Å². The number of carbonyl (C=O) groups is 1. The molecular weight excluding hydrogens is 370 g/mol. The Morgan fingerprint density at radius 1 is 1.05 bits per heavy atom. The summed E-state index contributed by atoms with van der Waals surface area (Å²) in [5.74, 6) is -1.15. The maximum absolute atomic E-state index is 12.8. The summed E-state index contributed by atoms with van der Waals surface area (Å²) >= 11 is 3.14. The van der Waals surface area contributed by atoms with Crippen molar-refractivity contribution in [2.45, 2.75) is 43.4 Å². The van der Waals surface area contributed by atoms with E-state index < -0.39 is 16.0 Å². The first-order valence-corrected chi connectivity index (χ1v) is 9.69. The van der Waals surface area contributed by atoms with Crippen LogP contribution in [0, 0.1) is 0 Å². The first kappa shape index (κ1) is 17.4. The largest absolute Gasteiger partial charge is 0.478 e. The second-order valence-corrected chi connectivity index (χ2v) is 8.26. The summed E-state index contributed by atoms with van der Waals surface area (Å²) in [5, 5.41) is 9.15. The summed E-state index contributed by atoms with van der Waals surface area (Å²) in [6.45, 7) is 1.00. The molecule has 1 aromatic carbocycles. The van der Waals surface area contributed by atoms with E-state index in [1.165, 1.54) is 22.5 Å². The van der Waals surface area contributed by atoms with E-state index in [0.717, 1.165) is 38.5 Å². The molecule has 22 heavy (non-hydrogen) atoms. The van der Waals surface area contributed by atoms with Crippen molar-refractivity contribution in [3.63, 3.8) is 0 Å². The van der Waals surface area contributed by atoms with Crippen LogP contribution in [-0.2, 0) is 10.0 Å². The van der Waals surface area contributed by atoms with E-state index in [0.29, 0.717) is 17.6 Å². The van der Waals surface area contributed by atoms with Crippen LogP contribution in [0.2, 0.25) is 0 Å². The van der Waals surface area contributed by atoms with Crippen molar-refractivity contribution >= 4 is 31.9 Å². The van der Waals surface area contributed by atoms with Gasteiger partial charge in [0.1, 0.15) is 0 Å². The number of hydrogen-bond donors (Lipinski definition) is 1. The van der Waals surface area contributed by atoms with Gasteiger partial charge in [-0.25, -0.2) is 13.2 Å². The molecule has 1 N–H and O–H groups in total. The third-order valence-corrected chi connectivity index (χ3v) is 6.46. The van der Waals surface area contributed by atoms with E-state index in [4.69, 9.17) is 5.11 Å². The van der Waals surface area contributed by atoms with E-state index in [-0.39, 0.29) is 10.5 Å². The lowest BCUT2D eigenvalue weighted by atomic mass is 10.1. The number of nitrogens with zero attached hydrogens (tertiary/aromatic N) is 1. The van der Waals surface area contributed by atoms with Gasteiger partial charge in [0.05, 0.1) is 10.5 Å². The van der Waals surface area contributed by atoms with Gasteiger partial charge in [-0.05, 0) is 47.0 Å². The van der Waals surface area contributed by atoms with Crippen LogP contribution in [0.1, 0.15) is 48.9 Å². The fourth-order valence-corrected chi connectivity index (χ4v) is 4.57. The molecule has 0 radical (unpaired) electrons. The summed E-state index contributed by atoms with van der Waals surface area (Å²) in [4.78, 5) is 11.2. The van der Waals surface area contributed by atoms with Crippen molar-refractivity contribution in [1.82, 2.24) is 4.31 Å². The molecular formula is C15H20BrNO4S. The summed E-state index contributed by atoms with van der Waals surface area (Å²) < 4.78 is 27.4. The van der Waals surface area contributed by atoms with Crippen LogP contribution in [0.15, 0.2) is 27.6 Å². The van der Waals surface area contributed by atoms with E-state index in [9.17, 15) is 13.2 Å². The molecule has 1 aliphatic heterocycles. The highest BCUT2D eigenvalue weighted by Crippen LogP contribution is 2.25. The third-order valence-electron chi connectivity index (χ3n) is 3.87. The highest BCUT2D eigenvalue weighted by molar-refractivity contribution is 9.10. The number of sulfonamides is 1. The summed E-state index contributed by atoms with van der Waals surface area (Å²) in [7, 11) is -3.64. The van der Waals surface area contributed by atoms with Crippen molar-refractivity contribution < 1.29 is 18.3 Å². The van der Waals surface area contributed by atoms with E-state index in [1.807, 2.05) is 0 Å². The lowest BCUT2D eigenvalue weighted by Gasteiger charge is -2.21. The Labute approximate surface area is 139 Å². The van der Waals surface area contributed by atoms with E-state index >= 15 is 0 Å². The molecule has 2 rings (SSSR count). The number of carboxylic acids is 1.